The SMILES string of the molecule is Cc1nn(C)c2c1-c1ccc3n[nH]c(c3c1)/C=C/c1c(OC(C)C)nn(CCO)c1CN(C(C)C)[C@@H](C)CO2. The van der Waals surface area contributed by atoms with Gasteiger partial charge in [0.05, 0.1) is 53.0 Å². The van der Waals surface area contributed by atoms with Gasteiger partial charge in [-0.15, -0.1) is 5.10 Å². The van der Waals surface area contributed by atoms with Gasteiger partial charge in [-0.1, -0.05) is 6.07 Å². The fourth-order valence-electron chi connectivity index (χ4n) is 5.34. The highest BCUT2D eigenvalue weighted by atomic mass is 16.5. The van der Waals surface area contributed by atoms with Gasteiger partial charge in [0.2, 0.25) is 11.8 Å². The molecule has 0 fully saturated rings. The van der Waals surface area contributed by atoms with Crippen LogP contribution in [0.1, 0.15) is 57.3 Å². The molecule has 1 aliphatic heterocycles. The molecule has 1 atom stereocenters. The molecule has 0 saturated heterocycles. The van der Waals surface area contributed by atoms with E-state index in [4.69, 9.17) is 14.6 Å². The Hall–Kier alpha value is -3.63. The predicted octanol–water partition coefficient (Wildman–Crippen LogP) is 4.41. The van der Waals surface area contributed by atoms with E-state index in [2.05, 4.69) is 53.1 Å². The van der Waals surface area contributed by atoms with Crippen molar-refractivity contribution in [2.75, 3.05) is 13.2 Å². The van der Waals surface area contributed by atoms with Crippen molar-refractivity contribution in [2.24, 2.45) is 7.05 Å². The van der Waals surface area contributed by atoms with Crippen molar-refractivity contribution in [1.29, 1.82) is 0 Å². The number of nitrogens with one attached hydrogen (secondary N) is 1. The zero-order chi connectivity index (χ0) is 27.8. The van der Waals surface area contributed by atoms with Crippen LogP contribution < -0.4 is 9.47 Å². The van der Waals surface area contributed by atoms with Gasteiger partial charge in [-0.25, -0.2) is 4.68 Å². The average molecular weight is 534 g/mol. The van der Waals surface area contributed by atoms with Gasteiger partial charge in [-0.05, 0) is 71.4 Å². The molecule has 3 aromatic heterocycles. The van der Waals surface area contributed by atoms with E-state index in [1.165, 1.54) is 0 Å². The second-order valence-electron chi connectivity index (χ2n) is 10.8. The monoisotopic (exact) mass is 533 g/mol. The lowest BCUT2D eigenvalue weighted by atomic mass is 10.0. The number of hydrogen-bond acceptors (Lipinski definition) is 7. The highest BCUT2D eigenvalue weighted by molar-refractivity contribution is 5.93. The molecule has 2 N–H and O–H groups in total. The number of hydrogen-bond donors (Lipinski definition) is 2. The first-order chi connectivity index (χ1) is 18.7. The van der Waals surface area contributed by atoms with Gasteiger partial charge in [0.15, 0.2) is 0 Å². The van der Waals surface area contributed by atoms with Crippen molar-refractivity contribution in [3.05, 3.63) is 40.8 Å². The topological polar surface area (TPSA) is 106 Å². The first-order valence-electron chi connectivity index (χ1n) is 13.6. The zero-order valence-corrected chi connectivity index (χ0v) is 23.9. The molecule has 0 unspecified atom stereocenters. The minimum atomic E-state index is -0.0454. The van der Waals surface area contributed by atoms with E-state index in [1.54, 1.807) is 0 Å². The maximum Gasteiger partial charge on any atom is 0.240 e. The van der Waals surface area contributed by atoms with Crippen LogP contribution in [0.4, 0.5) is 0 Å². The summed E-state index contributed by atoms with van der Waals surface area (Å²) in [6, 6.07) is 6.55. The number of aliphatic hydroxyl groups excluding tert-OH is 1. The summed E-state index contributed by atoms with van der Waals surface area (Å²) in [7, 11) is 1.92. The molecule has 0 amide bonds. The number of aromatic nitrogens is 6. The van der Waals surface area contributed by atoms with Crippen LogP contribution >= 0.6 is 0 Å². The molecule has 4 heterocycles. The number of ether oxygens (including phenoxy) is 2. The molecule has 0 aliphatic carbocycles. The number of aromatic amines is 1. The van der Waals surface area contributed by atoms with E-state index < -0.39 is 0 Å². The number of rotatable bonds is 5. The fourth-order valence-corrected chi connectivity index (χ4v) is 5.34. The summed E-state index contributed by atoms with van der Waals surface area (Å²) in [5.74, 6) is 1.30. The summed E-state index contributed by atoms with van der Waals surface area (Å²) in [5.41, 5.74) is 6.57. The smallest absolute Gasteiger partial charge is 0.240 e. The highest BCUT2D eigenvalue weighted by Gasteiger charge is 2.26. The van der Waals surface area contributed by atoms with Gasteiger partial charge in [0, 0.05) is 31.1 Å². The van der Waals surface area contributed by atoms with Gasteiger partial charge in [-0.2, -0.15) is 10.2 Å². The first-order valence-corrected chi connectivity index (χ1v) is 13.6. The molecule has 1 aromatic carbocycles. The molecule has 1 aliphatic rings. The van der Waals surface area contributed by atoms with E-state index in [1.807, 2.05) is 55.4 Å². The second-order valence-corrected chi connectivity index (χ2v) is 10.8. The standard InChI is InChI=1S/C29H39N7O3/c1-17(2)35-15-26-22(28(39-18(3)4)33-36(26)12-13-37)9-11-25-23-14-21(8-10-24(23)30-31-25)27-20(6)32-34(7)29(27)38-16-19(35)5/h8-11,14,17-19,37H,12-13,15-16H2,1-7H3,(H,30,31)/b11-9+/t19-/m0/s1. The minimum absolute atomic E-state index is 0.0180. The van der Waals surface area contributed by atoms with Gasteiger partial charge in [0.1, 0.15) is 6.61 Å². The molecule has 10 nitrogen and oxygen atoms in total. The maximum atomic E-state index is 9.85. The lowest BCUT2D eigenvalue weighted by molar-refractivity contribution is 0.102. The summed E-state index contributed by atoms with van der Waals surface area (Å²) >= 11 is 0. The van der Waals surface area contributed by atoms with Crippen molar-refractivity contribution < 1.29 is 14.6 Å². The second kappa shape index (κ2) is 10.9. The molecule has 5 rings (SSSR count). The normalized spacial score (nSPS) is 17.2. The third-order valence-corrected chi connectivity index (χ3v) is 7.21. The van der Waals surface area contributed by atoms with E-state index in [9.17, 15) is 5.11 Å². The van der Waals surface area contributed by atoms with Gasteiger partial charge in [-0.3, -0.25) is 14.7 Å². The number of nitrogens with zero attached hydrogens (tertiary/aromatic N) is 6. The number of aliphatic hydroxyl groups is 1. The van der Waals surface area contributed by atoms with Crippen molar-refractivity contribution >= 4 is 23.1 Å². The molecule has 4 aromatic rings. The van der Waals surface area contributed by atoms with Gasteiger partial charge >= 0.3 is 0 Å². The van der Waals surface area contributed by atoms with Crippen LogP contribution in [0.3, 0.4) is 0 Å². The molecule has 0 saturated carbocycles. The van der Waals surface area contributed by atoms with Crippen LogP contribution in [-0.4, -0.2) is 71.2 Å². The quantitative estimate of drug-likeness (QED) is 0.391. The Morgan fingerprint density at radius 2 is 1.97 bits per heavy atom. The predicted molar refractivity (Wildman–Crippen MR) is 153 cm³/mol. The first kappa shape index (κ1) is 27.0. The molecule has 0 radical (unpaired) electrons. The highest BCUT2D eigenvalue weighted by Crippen LogP contribution is 2.36. The largest absolute Gasteiger partial charge is 0.476 e. The van der Waals surface area contributed by atoms with Crippen LogP contribution in [0.5, 0.6) is 11.8 Å². The Balaban J connectivity index is 1.73. The van der Waals surface area contributed by atoms with E-state index >= 15 is 0 Å². The summed E-state index contributed by atoms with van der Waals surface area (Å²) in [5, 5.41) is 28.0. The van der Waals surface area contributed by atoms with Crippen LogP contribution in [-0.2, 0) is 20.1 Å². The van der Waals surface area contributed by atoms with Gasteiger partial charge < -0.3 is 14.6 Å². The van der Waals surface area contributed by atoms with Crippen LogP contribution in [0.25, 0.3) is 34.2 Å². The van der Waals surface area contributed by atoms with E-state index in [0.29, 0.717) is 25.6 Å². The van der Waals surface area contributed by atoms with Crippen molar-refractivity contribution in [3.8, 4) is 22.9 Å². The van der Waals surface area contributed by atoms with Crippen LogP contribution in [0.2, 0.25) is 0 Å². The molecular formula is C29H39N7O3. The summed E-state index contributed by atoms with van der Waals surface area (Å²) in [4.78, 5) is 2.39. The molecule has 2 bridgehead atoms. The van der Waals surface area contributed by atoms with E-state index in [0.717, 1.165) is 50.6 Å². The summed E-state index contributed by atoms with van der Waals surface area (Å²) in [6.07, 6.45) is 4.04. The number of benzene rings is 1. The van der Waals surface area contributed by atoms with Crippen LogP contribution in [0.15, 0.2) is 18.2 Å². The fraction of sp³-hybridized carbons (Fsp3) is 0.483. The molecule has 10 heteroatoms. The average Bonchev–Trinajstić information content (AvgIpc) is 3.51. The minimum Gasteiger partial charge on any atom is -0.476 e. The molecule has 0 spiro atoms. The third-order valence-electron chi connectivity index (χ3n) is 7.21. The number of fused-ring (bicyclic) bond motifs is 4. The summed E-state index contributed by atoms with van der Waals surface area (Å²) < 4.78 is 16.4. The number of H-pyrrole nitrogens is 1. The summed E-state index contributed by atoms with van der Waals surface area (Å²) in [6.45, 7) is 14.0. The Labute approximate surface area is 229 Å². The zero-order valence-electron chi connectivity index (χ0n) is 23.9. The van der Waals surface area contributed by atoms with Gasteiger partial charge in [0.25, 0.3) is 0 Å². The van der Waals surface area contributed by atoms with E-state index in [-0.39, 0.29) is 24.8 Å². The third kappa shape index (κ3) is 5.18. The Morgan fingerprint density at radius 1 is 1.18 bits per heavy atom. The number of aryl methyl sites for hydroxylation is 2. The Kier molecular flexibility index (Phi) is 7.51. The maximum absolute atomic E-state index is 9.85. The van der Waals surface area contributed by atoms with Crippen LogP contribution in [0, 0.1) is 6.92 Å². The lowest BCUT2D eigenvalue weighted by Crippen LogP contribution is -2.42. The Bertz CT molecular complexity index is 1490. The Morgan fingerprint density at radius 3 is 2.69 bits per heavy atom. The van der Waals surface area contributed by atoms with Crippen molar-refractivity contribution in [3.63, 3.8) is 0 Å². The molecule has 39 heavy (non-hydrogen) atoms. The molecule has 208 valence electrons. The van der Waals surface area contributed by atoms with Crippen molar-refractivity contribution in [2.45, 2.75) is 72.8 Å². The lowest BCUT2D eigenvalue weighted by Gasteiger charge is -2.33. The van der Waals surface area contributed by atoms with Crippen molar-refractivity contribution in [1.82, 2.24) is 34.7 Å². The molecular weight excluding hydrogens is 494 g/mol.